The van der Waals surface area contributed by atoms with Gasteiger partial charge in [0, 0.05) is 0 Å². The van der Waals surface area contributed by atoms with Crippen LogP contribution in [0.25, 0.3) is 6.08 Å². The zero-order chi connectivity index (χ0) is 18.8. The van der Waals surface area contributed by atoms with Crippen molar-refractivity contribution in [2.24, 2.45) is 4.99 Å². The maximum absolute atomic E-state index is 13.2. The molecule has 1 amide bonds. The van der Waals surface area contributed by atoms with Gasteiger partial charge in [-0.3, -0.25) is 0 Å². The first-order valence-corrected chi connectivity index (χ1v) is 11.8. The summed E-state index contributed by atoms with van der Waals surface area (Å²) < 4.78 is 0. The van der Waals surface area contributed by atoms with E-state index in [0.29, 0.717) is 36.7 Å². The van der Waals surface area contributed by atoms with Crippen LogP contribution in [0.3, 0.4) is 0 Å². The summed E-state index contributed by atoms with van der Waals surface area (Å²) in [5.74, 6) is 0.552. The molecular weight excluding hydrogens is 448 g/mol. The molecule has 2 aromatic carbocycles. The topological polar surface area (TPSA) is 35.9 Å². The maximum atomic E-state index is 13.2. The first-order chi connectivity index (χ1) is 13.1. The van der Waals surface area contributed by atoms with Crippen LogP contribution in [0.4, 0.5) is 5.69 Å². The van der Waals surface area contributed by atoms with Gasteiger partial charge < -0.3 is 0 Å². The fourth-order valence-electron chi connectivity index (χ4n) is 3.05. The van der Waals surface area contributed by atoms with Crippen LogP contribution in [-0.4, -0.2) is 44.8 Å². The number of carbonyl (C=O) groups excluding carboxylic acids is 1. The number of hydrogen-bond donors (Lipinski definition) is 0. The van der Waals surface area contributed by atoms with Crippen LogP contribution in [-0.2, 0) is 4.79 Å². The molecule has 4 nitrogen and oxygen atoms in total. The normalized spacial score (nSPS) is 19.0. The van der Waals surface area contributed by atoms with E-state index in [2.05, 4.69) is 4.90 Å². The second kappa shape index (κ2) is 8.07. The number of halogens is 2. The molecule has 0 unspecified atom stereocenters. The van der Waals surface area contributed by atoms with Crippen LogP contribution in [0, 0.1) is 0 Å². The molecule has 0 spiro atoms. The van der Waals surface area contributed by atoms with E-state index in [0.717, 1.165) is 24.3 Å². The molecule has 0 saturated carbocycles. The predicted molar refractivity (Wildman–Crippen MR) is 113 cm³/mol. The monoisotopic (exact) mass is 465 g/mol. The van der Waals surface area contributed by atoms with Gasteiger partial charge in [0.15, 0.2) is 0 Å². The third-order valence-electron chi connectivity index (χ3n) is 4.38. The minimum absolute atomic E-state index is 0.140. The minimum atomic E-state index is -0.140. The predicted octanol–water partition coefficient (Wildman–Crippen LogP) is 4.59. The molecule has 4 rings (SSSR count). The third kappa shape index (κ3) is 4.07. The summed E-state index contributed by atoms with van der Waals surface area (Å²) >= 11 is 12.8. The molecule has 27 heavy (non-hydrogen) atoms. The van der Waals surface area contributed by atoms with Crippen LogP contribution < -0.4 is 4.90 Å². The summed E-state index contributed by atoms with van der Waals surface area (Å²) in [5.41, 5.74) is 2.05. The van der Waals surface area contributed by atoms with Gasteiger partial charge >= 0.3 is 175 Å². The molecule has 0 N–H and O–H groups in total. The third-order valence-corrected chi connectivity index (χ3v) is 6.84. The van der Waals surface area contributed by atoms with Crippen molar-refractivity contribution in [2.75, 3.05) is 18.0 Å². The fourth-order valence-corrected chi connectivity index (χ4v) is 5.25. The van der Waals surface area contributed by atoms with E-state index >= 15 is 0 Å². The van der Waals surface area contributed by atoms with Crippen molar-refractivity contribution >= 4 is 61.8 Å². The fraction of sp³-hybridized carbons (Fsp3) is 0.200. The standard InChI is InChI=1S/C20H17Cl2N3OSe/c21-15-6-4-14(5-7-15)12-18-19(26)25(17-3-1-2-16(22)13-17)20(23-18)24-8-10-27-11-9-24/h1-7,12-13H,8-11H2/b18-12+. The molecule has 138 valence electrons. The van der Waals surface area contributed by atoms with Gasteiger partial charge in [0.25, 0.3) is 0 Å². The van der Waals surface area contributed by atoms with Crippen molar-refractivity contribution in [3.63, 3.8) is 0 Å². The van der Waals surface area contributed by atoms with E-state index in [-0.39, 0.29) is 5.91 Å². The van der Waals surface area contributed by atoms with E-state index < -0.39 is 0 Å². The SMILES string of the molecule is O=C1/C(=C\c2ccc(Cl)cc2)N=C(N2CC[Se]CC2)N1c1cccc(Cl)c1. The quantitative estimate of drug-likeness (QED) is 0.481. The molecule has 1 saturated heterocycles. The van der Waals surface area contributed by atoms with Crippen molar-refractivity contribution in [2.45, 2.75) is 10.6 Å². The number of aliphatic imine (C=N–C) groups is 1. The number of carbonyl (C=O) groups is 1. The Morgan fingerprint density at radius 1 is 1.00 bits per heavy atom. The molecule has 0 aliphatic carbocycles. The Morgan fingerprint density at radius 2 is 1.74 bits per heavy atom. The van der Waals surface area contributed by atoms with Gasteiger partial charge in [-0.05, 0) is 0 Å². The molecule has 0 atom stereocenters. The van der Waals surface area contributed by atoms with Gasteiger partial charge in [-0.1, -0.05) is 0 Å². The molecule has 2 aliphatic rings. The van der Waals surface area contributed by atoms with Gasteiger partial charge in [0.1, 0.15) is 0 Å². The number of benzene rings is 2. The number of guanidine groups is 1. The summed E-state index contributed by atoms with van der Waals surface area (Å²) in [4.78, 5) is 21.8. The Hall–Kier alpha value is -1.78. The number of rotatable bonds is 2. The van der Waals surface area contributed by atoms with E-state index in [1.54, 1.807) is 35.2 Å². The Labute approximate surface area is 174 Å². The molecule has 0 radical (unpaired) electrons. The Morgan fingerprint density at radius 3 is 2.44 bits per heavy atom. The summed E-state index contributed by atoms with van der Waals surface area (Å²) in [5, 5.41) is 3.59. The summed E-state index contributed by atoms with van der Waals surface area (Å²) in [7, 11) is 0. The van der Waals surface area contributed by atoms with Gasteiger partial charge in [0.05, 0.1) is 0 Å². The summed E-state index contributed by atoms with van der Waals surface area (Å²) in [6.45, 7) is 1.86. The average molecular weight is 465 g/mol. The van der Waals surface area contributed by atoms with Gasteiger partial charge in [-0.15, -0.1) is 0 Å². The van der Waals surface area contributed by atoms with Gasteiger partial charge in [-0.25, -0.2) is 0 Å². The van der Waals surface area contributed by atoms with E-state index in [4.69, 9.17) is 28.2 Å². The molecular formula is C20H17Cl2N3OSe. The van der Waals surface area contributed by atoms with E-state index in [9.17, 15) is 4.79 Å². The first kappa shape index (κ1) is 18.6. The molecule has 0 bridgehead atoms. The van der Waals surface area contributed by atoms with Crippen molar-refractivity contribution in [1.29, 1.82) is 0 Å². The average Bonchev–Trinajstić information content (AvgIpc) is 3.01. The summed E-state index contributed by atoms with van der Waals surface area (Å²) in [6, 6.07) is 14.7. The number of hydrogen-bond acceptors (Lipinski definition) is 3. The summed E-state index contributed by atoms with van der Waals surface area (Å²) in [6.07, 6.45) is 1.80. The van der Waals surface area contributed by atoms with Crippen LogP contribution in [0.15, 0.2) is 59.2 Å². The van der Waals surface area contributed by atoms with Crippen molar-refractivity contribution in [3.05, 3.63) is 69.8 Å². The molecule has 7 heteroatoms. The second-order valence-electron chi connectivity index (χ2n) is 6.21. The first-order valence-electron chi connectivity index (χ1n) is 8.60. The zero-order valence-electron chi connectivity index (χ0n) is 14.4. The Kier molecular flexibility index (Phi) is 5.55. The Bertz CT molecular complexity index is 921. The Balaban J connectivity index is 1.74. The molecule has 2 heterocycles. The molecule has 1 fully saturated rings. The molecule has 2 aromatic rings. The number of nitrogens with zero attached hydrogens (tertiary/aromatic N) is 3. The van der Waals surface area contributed by atoms with Crippen LogP contribution in [0.1, 0.15) is 5.56 Å². The molecule has 0 aromatic heterocycles. The number of amides is 1. The van der Waals surface area contributed by atoms with Gasteiger partial charge in [0.2, 0.25) is 0 Å². The van der Waals surface area contributed by atoms with Crippen molar-refractivity contribution in [1.82, 2.24) is 4.90 Å². The van der Waals surface area contributed by atoms with Gasteiger partial charge in [-0.2, -0.15) is 0 Å². The van der Waals surface area contributed by atoms with E-state index in [1.807, 2.05) is 24.3 Å². The second-order valence-corrected chi connectivity index (χ2v) is 9.66. The van der Waals surface area contributed by atoms with Crippen molar-refractivity contribution in [3.8, 4) is 0 Å². The molecule has 2 aliphatic heterocycles. The van der Waals surface area contributed by atoms with Crippen LogP contribution >= 0.6 is 23.2 Å². The zero-order valence-corrected chi connectivity index (χ0v) is 17.7. The number of anilines is 1. The van der Waals surface area contributed by atoms with E-state index in [1.165, 1.54) is 10.6 Å². The van der Waals surface area contributed by atoms with Crippen LogP contribution in [0.2, 0.25) is 20.7 Å². The van der Waals surface area contributed by atoms with Crippen molar-refractivity contribution < 1.29 is 4.79 Å². The van der Waals surface area contributed by atoms with Crippen LogP contribution in [0.5, 0.6) is 0 Å².